The first-order valence-electron chi connectivity index (χ1n) is 7.54. The first kappa shape index (κ1) is 17.0. The highest BCUT2D eigenvalue weighted by atomic mass is 32.1. The molecule has 3 N–H and O–H groups in total. The van der Waals surface area contributed by atoms with Gasteiger partial charge in [-0.25, -0.2) is 0 Å². The van der Waals surface area contributed by atoms with E-state index in [1.54, 1.807) is 0 Å². The highest BCUT2D eigenvalue weighted by molar-refractivity contribution is 7.80. The molecule has 5 heteroatoms. The fourth-order valence-electron chi connectivity index (χ4n) is 2.07. The van der Waals surface area contributed by atoms with Crippen molar-refractivity contribution in [3.05, 3.63) is 65.7 Å². The summed E-state index contributed by atoms with van der Waals surface area (Å²) in [4.78, 5) is 11.8. The van der Waals surface area contributed by atoms with E-state index >= 15 is 0 Å². The number of nitrogens with one attached hydrogen (secondary N) is 3. The zero-order valence-electron chi connectivity index (χ0n) is 13.3. The standard InChI is InChI=1S/C18H21N3OS/c1-13(2)15-8-10-16(11-9-15)19-18(23)21-20-17(22)12-14-6-4-3-5-7-14/h3-11,13H,12H2,1-2H3,(H,20,22)(H2,19,21,23). The lowest BCUT2D eigenvalue weighted by Crippen LogP contribution is -2.44. The van der Waals surface area contributed by atoms with Crippen LogP contribution in [0.4, 0.5) is 5.69 Å². The molecular formula is C18H21N3OS. The Kier molecular flexibility index (Phi) is 6.11. The Morgan fingerprint density at radius 1 is 1.00 bits per heavy atom. The molecule has 0 spiro atoms. The van der Waals surface area contributed by atoms with Gasteiger partial charge >= 0.3 is 0 Å². The van der Waals surface area contributed by atoms with E-state index in [9.17, 15) is 4.79 Å². The van der Waals surface area contributed by atoms with Crippen LogP contribution >= 0.6 is 12.2 Å². The summed E-state index contributed by atoms with van der Waals surface area (Å²) in [6.45, 7) is 4.30. The maximum Gasteiger partial charge on any atom is 0.242 e. The van der Waals surface area contributed by atoms with Crippen LogP contribution in [0.15, 0.2) is 54.6 Å². The van der Waals surface area contributed by atoms with E-state index in [-0.39, 0.29) is 5.91 Å². The smallest absolute Gasteiger partial charge is 0.242 e. The van der Waals surface area contributed by atoms with Gasteiger partial charge < -0.3 is 5.32 Å². The van der Waals surface area contributed by atoms with Crippen molar-refractivity contribution in [3.63, 3.8) is 0 Å². The van der Waals surface area contributed by atoms with Gasteiger partial charge in [0.2, 0.25) is 5.91 Å². The van der Waals surface area contributed by atoms with Gasteiger partial charge in [-0.05, 0) is 41.4 Å². The average molecular weight is 327 g/mol. The van der Waals surface area contributed by atoms with E-state index in [0.29, 0.717) is 17.5 Å². The highest BCUT2D eigenvalue weighted by Crippen LogP contribution is 2.16. The summed E-state index contributed by atoms with van der Waals surface area (Å²) < 4.78 is 0. The summed E-state index contributed by atoms with van der Waals surface area (Å²) in [6.07, 6.45) is 0.305. The number of thiocarbonyl (C=S) groups is 1. The number of hydrogen-bond acceptors (Lipinski definition) is 2. The van der Waals surface area contributed by atoms with Gasteiger partial charge in [-0.1, -0.05) is 56.3 Å². The topological polar surface area (TPSA) is 53.2 Å². The van der Waals surface area contributed by atoms with E-state index in [2.05, 4.69) is 42.1 Å². The minimum Gasteiger partial charge on any atom is -0.331 e. The van der Waals surface area contributed by atoms with Gasteiger partial charge in [0.25, 0.3) is 0 Å². The molecule has 0 aliphatic carbocycles. The molecule has 0 fully saturated rings. The molecule has 0 heterocycles. The number of hydrazine groups is 1. The fraction of sp³-hybridized carbons (Fsp3) is 0.222. The van der Waals surface area contributed by atoms with Crippen LogP contribution in [-0.4, -0.2) is 11.0 Å². The molecule has 0 atom stereocenters. The van der Waals surface area contributed by atoms with E-state index < -0.39 is 0 Å². The van der Waals surface area contributed by atoms with Crippen LogP contribution < -0.4 is 16.2 Å². The molecular weight excluding hydrogens is 306 g/mol. The Morgan fingerprint density at radius 2 is 1.65 bits per heavy atom. The van der Waals surface area contributed by atoms with Crippen LogP contribution in [0, 0.1) is 0 Å². The fourth-order valence-corrected chi connectivity index (χ4v) is 2.23. The van der Waals surface area contributed by atoms with Crippen LogP contribution in [0.2, 0.25) is 0 Å². The monoisotopic (exact) mass is 327 g/mol. The van der Waals surface area contributed by atoms with Crippen LogP contribution in [0.5, 0.6) is 0 Å². The van der Waals surface area contributed by atoms with Crippen molar-refractivity contribution < 1.29 is 4.79 Å². The minimum atomic E-state index is -0.143. The highest BCUT2D eigenvalue weighted by Gasteiger charge is 2.04. The zero-order valence-corrected chi connectivity index (χ0v) is 14.1. The van der Waals surface area contributed by atoms with Crippen molar-refractivity contribution in [2.24, 2.45) is 0 Å². The molecule has 0 aliphatic rings. The lowest BCUT2D eigenvalue weighted by Gasteiger charge is -2.12. The number of amides is 1. The molecule has 0 saturated heterocycles. The summed E-state index contributed by atoms with van der Waals surface area (Å²) >= 11 is 5.17. The van der Waals surface area contributed by atoms with Gasteiger partial charge in [0, 0.05) is 5.69 Å². The van der Waals surface area contributed by atoms with E-state index in [1.807, 2.05) is 42.5 Å². The Morgan fingerprint density at radius 3 is 2.26 bits per heavy atom. The van der Waals surface area contributed by atoms with Crippen molar-refractivity contribution in [3.8, 4) is 0 Å². The molecule has 0 aliphatic heterocycles. The lowest BCUT2D eigenvalue weighted by atomic mass is 10.0. The van der Waals surface area contributed by atoms with Crippen molar-refractivity contribution >= 4 is 28.9 Å². The first-order valence-corrected chi connectivity index (χ1v) is 7.95. The number of carbonyl (C=O) groups is 1. The Balaban J connectivity index is 1.77. The second kappa shape index (κ2) is 8.29. The molecule has 2 aromatic carbocycles. The van der Waals surface area contributed by atoms with Crippen molar-refractivity contribution in [1.82, 2.24) is 10.9 Å². The molecule has 120 valence electrons. The van der Waals surface area contributed by atoms with Gasteiger partial charge in [-0.2, -0.15) is 0 Å². The van der Waals surface area contributed by atoms with Crippen LogP contribution in [0.25, 0.3) is 0 Å². The molecule has 0 aromatic heterocycles. The van der Waals surface area contributed by atoms with E-state index in [1.165, 1.54) is 5.56 Å². The van der Waals surface area contributed by atoms with Crippen LogP contribution in [0.3, 0.4) is 0 Å². The van der Waals surface area contributed by atoms with E-state index in [4.69, 9.17) is 12.2 Å². The normalized spacial score (nSPS) is 10.2. The third-order valence-electron chi connectivity index (χ3n) is 3.36. The number of carbonyl (C=O) groups excluding carboxylic acids is 1. The summed E-state index contributed by atoms with van der Waals surface area (Å²) in [6, 6.07) is 17.6. The Labute approximate surface area is 142 Å². The SMILES string of the molecule is CC(C)c1ccc(NC(=S)NNC(=O)Cc2ccccc2)cc1. The molecule has 2 rings (SSSR count). The molecule has 0 radical (unpaired) electrons. The third-order valence-corrected chi connectivity index (χ3v) is 3.56. The van der Waals surface area contributed by atoms with Gasteiger partial charge in [-0.15, -0.1) is 0 Å². The molecule has 4 nitrogen and oxygen atoms in total. The molecule has 0 unspecified atom stereocenters. The summed E-state index contributed by atoms with van der Waals surface area (Å²) in [5.74, 6) is 0.349. The number of benzene rings is 2. The van der Waals surface area contributed by atoms with Crippen LogP contribution in [0.1, 0.15) is 30.9 Å². The van der Waals surface area contributed by atoms with Crippen molar-refractivity contribution in [1.29, 1.82) is 0 Å². The third kappa shape index (κ3) is 5.71. The lowest BCUT2D eigenvalue weighted by molar-refractivity contribution is -0.120. The van der Waals surface area contributed by atoms with Gasteiger partial charge in [0.05, 0.1) is 6.42 Å². The maximum absolute atomic E-state index is 11.8. The second-order valence-corrected chi connectivity index (χ2v) is 5.97. The maximum atomic E-state index is 11.8. The molecule has 1 amide bonds. The predicted octanol–water partition coefficient (Wildman–Crippen LogP) is 3.37. The Hall–Kier alpha value is -2.40. The quantitative estimate of drug-likeness (QED) is 0.595. The van der Waals surface area contributed by atoms with Gasteiger partial charge in [-0.3, -0.25) is 15.6 Å². The predicted molar refractivity (Wildman–Crippen MR) is 98.2 cm³/mol. The van der Waals surface area contributed by atoms with Gasteiger partial charge in [0.15, 0.2) is 5.11 Å². The van der Waals surface area contributed by atoms with Gasteiger partial charge in [0.1, 0.15) is 0 Å². The average Bonchev–Trinajstić information content (AvgIpc) is 2.54. The molecule has 2 aromatic rings. The molecule has 0 saturated carbocycles. The van der Waals surface area contributed by atoms with Crippen molar-refractivity contribution in [2.75, 3.05) is 5.32 Å². The summed E-state index contributed by atoms with van der Waals surface area (Å²) in [7, 11) is 0. The zero-order chi connectivity index (χ0) is 16.7. The molecule has 23 heavy (non-hydrogen) atoms. The van der Waals surface area contributed by atoms with Crippen molar-refractivity contribution in [2.45, 2.75) is 26.2 Å². The molecule has 0 bridgehead atoms. The van der Waals surface area contributed by atoms with Crippen LogP contribution in [-0.2, 0) is 11.2 Å². The number of anilines is 1. The minimum absolute atomic E-state index is 0.143. The largest absolute Gasteiger partial charge is 0.331 e. The Bertz CT molecular complexity index is 654. The summed E-state index contributed by atoms with van der Waals surface area (Å²) in [5, 5.41) is 3.38. The number of rotatable bonds is 4. The van der Waals surface area contributed by atoms with E-state index in [0.717, 1.165) is 11.3 Å². The first-order chi connectivity index (χ1) is 11.0. The summed E-state index contributed by atoms with van der Waals surface area (Å²) in [5.41, 5.74) is 8.40. The second-order valence-electron chi connectivity index (χ2n) is 5.57. The number of hydrogen-bond donors (Lipinski definition) is 3.